The van der Waals surface area contributed by atoms with Gasteiger partial charge in [0, 0.05) is 52.2 Å². The molecular weight excluding hydrogens is 871 g/mol. The van der Waals surface area contributed by atoms with E-state index in [0.29, 0.717) is 19.1 Å². The number of carbonyl (C=O) groups excluding carboxylic acids is 8. The van der Waals surface area contributed by atoms with Crippen molar-refractivity contribution in [3.63, 3.8) is 0 Å². The van der Waals surface area contributed by atoms with Gasteiger partial charge in [0.05, 0.1) is 18.1 Å². The van der Waals surface area contributed by atoms with Crippen molar-refractivity contribution in [2.24, 2.45) is 29.4 Å². The van der Waals surface area contributed by atoms with Gasteiger partial charge >= 0.3 is 5.97 Å². The van der Waals surface area contributed by atoms with Gasteiger partial charge in [-0.3, -0.25) is 59.1 Å². The lowest BCUT2D eigenvalue weighted by Gasteiger charge is -2.45. The number of nitrogens with zero attached hydrogens (tertiary/aromatic N) is 4. The number of nitrogens with two attached hydrogens (primary N) is 1. The van der Waals surface area contributed by atoms with E-state index >= 15 is 0 Å². The highest BCUT2D eigenvalue weighted by atomic mass is 32.2. The zero-order chi connectivity index (χ0) is 51.8. The molecule has 7 amide bonds. The van der Waals surface area contributed by atoms with Crippen LogP contribution < -0.4 is 27.0 Å². The molecule has 8 atom stereocenters. The zero-order valence-corrected chi connectivity index (χ0v) is 43.9. The number of carbonyl (C=O) groups is 9. The molecule has 0 aliphatic heterocycles. The molecule has 0 unspecified atom stereocenters. The van der Waals surface area contributed by atoms with Crippen molar-refractivity contribution in [1.82, 2.24) is 40.9 Å². The topological polar surface area (TPSA) is 261 Å². The number of carboxylic acids is 1. The average Bonchev–Trinajstić information content (AvgIpc) is 3.23. The number of amides is 7. The smallest absolute Gasteiger partial charge is 0.321 e. The lowest BCUT2D eigenvalue weighted by Crippen LogP contribution is -2.69. The van der Waals surface area contributed by atoms with Crippen molar-refractivity contribution >= 4 is 65.4 Å². The molecule has 0 fully saturated rings. The fourth-order valence-corrected chi connectivity index (χ4v) is 8.72. The Morgan fingerprint density at radius 2 is 1.20 bits per heavy atom. The second-order valence-electron chi connectivity index (χ2n) is 19.7. The van der Waals surface area contributed by atoms with E-state index in [4.69, 9.17) is 5.73 Å². The fourth-order valence-electron chi connectivity index (χ4n) is 7.48. The monoisotopic (exact) mass is 956 g/mol. The molecule has 20 heteroatoms. The fraction of sp³-hybridized carbons (Fsp3) is 0.804. The van der Waals surface area contributed by atoms with Crippen LogP contribution in [0.3, 0.4) is 0 Å². The molecule has 0 aromatic heterocycles. The van der Waals surface area contributed by atoms with Gasteiger partial charge in [0.1, 0.15) is 24.2 Å². The van der Waals surface area contributed by atoms with Crippen LogP contribution in [0, 0.1) is 23.7 Å². The number of aldehydes is 1. The van der Waals surface area contributed by atoms with E-state index in [0.717, 1.165) is 11.8 Å². The molecule has 0 rings (SSSR count). The van der Waals surface area contributed by atoms with Gasteiger partial charge in [-0.2, -0.15) is 11.8 Å². The van der Waals surface area contributed by atoms with Crippen molar-refractivity contribution < 1.29 is 48.3 Å². The first-order chi connectivity index (χ1) is 30.3. The van der Waals surface area contributed by atoms with E-state index in [2.05, 4.69) is 21.3 Å². The van der Waals surface area contributed by atoms with Crippen LogP contribution in [0.15, 0.2) is 0 Å². The van der Waals surface area contributed by atoms with Crippen molar-refractivity contribution in [3.8, 4) is 0 Å². The molecular formula is C46H85N9O10S. The van der Waals surface area contributed by atoms with Crippen LogP contribution in [0.2, 0.25) is 0 Å². The molecule has 0 bridgehead atoms. The summed E-state index contributed by atoms with van der Waals surface area (Å²) < 4.78 is -1.06. The molecule has 380 valence electrons. The highest BCUT2D eigenvalue weighted by molar-refractivity contribution is 8.00. The van der Waals surface area contributed by atoms with E-state index in [1.54, 1.807) is 34.6 Å². The van der Waals surface area contributed by atoms with Crippen LogP contribution in [-0.2, 0) is 43.2 Å². The number of hydrogen-bond donors (Lipinski definition) is 6. The number of nitrogens with one attached hydrogen (secondary N) is 4. The summed E-state index contributed by atoms with van der Waals surface area (Å²) in [5.74, 6) is -5.87. The summed E-state index contributed by atoms with van der Waals surface area (Å²) in [4.78, 5) is 127. The number of imide groups is 1. The molecule has 0 aliphatic carbocycles. The lowest BCUT2D eigenvalue weighted by molar-refractivity contribution is -0.153. The molecule has 0 spiro atoms. The van der Waals surface area contributed by atoms with Gasteiger partial charge in [-0.15, -0.1) is 0 Å². The summed E-state index contributed by atoms with van der Waals surface area (Å²) in [6.07, 6.45) is 1.80. The van der Waals surface area contributed by atoms with Gasteiger partial charge in [-0.25, -0.2) is 0 Å². The maximum atomic E-state index is 14.7. The zero-order valence-electron chi connectivity index (χ0n) is 43.1. The second-order valence-corrected chi connectivity index (χ2v) is 21.3. The molecule has 0 aromatic rings. The normalized spacial score (nSPS) is 16.0. The number of thioether (sulfide) groups is 1. The third-order valence-corrected chi connectivity index (χ3v) is 13.3. The summed E-state index contributed by atoms with van der Waals surface area (Å²) in [6, 6.07) is -7.48. The Kier molecular flexibility index (Phi) is 25.9. The first-order valence-corrected chi connectivity index (χ1v) is 24.0. The maximum Gasteiger partial charge on any atom is 0.321 e. The van der Waals surface area contributed by atoms with Gasteiger partial charge < -0.3 is 35.8 Å². The van der Waals surface area contributed by atoms with E-state index in [-0.39, 0.29) is 54.6 Å². The van der Waals surface area contributed by atoms with Crippen LogP contribution in [0.4, 0.5) is 0 Å². The molecule has 0 heterocycles. The van der Waals surface area contributed by atoms with Crippen molar-refractivity contribution in [1.29, 1.82) is 0 Å². The molecule has 0 aliphatic rings. The van der Waals surface area contributed by atoms with E-state index in [9.17, 15) is 48.3 Å². The van der Waals surface area contributed by atoms with Crippen LogP contribution in [0.1, 0.15) is 122 Å². The molecule has 0 aromatic carbocycles. The molecule has 0 saturated carbocycles. The van der Waals surface area contributed by atoms with Gasteiger partial charge in [-0.1, -0.05) is 62.3 Å². The minimum absolute atomic E-state index is 0.0387. The molecule has 0 saturated heterocycles. The van der Waals surface area contributed by atoms with Crippen LogP contribution >= 0.6 is 11.8 Å². The van der Waals surface area contributed by atoms with Crippen molar-refractivity contribution in [2.45, 2.75) is 175 Å². The lowest BCUT2D eigenvalue weighted by atomic mass is 9.92. The summed E-state index contributed by atoms with van der Waals surface area (Å²) >= 11 is 1.11. The summed E-state index contributed by atoms with van der Waals surface area (Å²) in [5, 5.41) is 20.8. The third-order valence-electron chi connectivity index (χ3n) is 11.8. The predicted molar refractivity (Wildman–Crippen MR) is 258 cm³/mol. The average molecular weight is 956 g/mol. The molecule has 66 heavy (non-hydrogen) atoms. The second kappa shape index (κ2) is 27.6. The van der Waals surface area contributed by atoms with Crippen LogP contribution in [-0.4, -0.2) is 172 Å². The Labute approximate surface area is 398 Å². The minimum atomic E-state index is -1.81. The van der Waals surface area contributed by atoms with E-state index in [1.165, 1.54) is 61.8 Å². The highest BCUT2D eigenvalue weighted by Gasteiger charge is 2.47. The van der Waals surface area contributed by atoms with Gasteiger partial charge in [0.25, 0.3) is 0 Å². The number of likely N-dealkylation sites (N-methyl/N-ethyl adjacent to an activating group) is 5. The van der Waals surface area contributed by atoms with Gasteiger partial charge in [0.15, 0.2) is 11.9 Å². The molecule has 7 N–H and O–H groups in total. The Morgan fingerprint density at radius 3 is 1.62 bits per heavy atom. The molecule has 19 nitrogen and oxygen atoms in total. The predicted octanol–water partition coefficient (Wildman–Crippen LogP) is 2.05. The van der Waals surface area contributed by atoms with Crippen LogP contribution in [0.5, 0.6) is 0 Å². The number of carboxylic acid groups (broad SMARTS) is 1. The van der Waals surface area contributed by atoms with E-state index < -0.39 is 94.1 Å². The first kappa shape index (κ1) is 61.9. The first-order valence-electron chi connectivity index (χ1n) is 23.0. The minimum Gasteiger partial charge on any atom is -0.480 e. The Bertz CT molecular complexity index is 1680. The van der Waals surface area contributed by atoms with Crippen LogP contribution in [0.25, 0.3) is 0 Å². The maximum absolute atomic E-state index is 14.7. The number of hydrogen-bond acceptors (Lipinski definition) is 13. The van der Waals surface area contributed by atoms with E-state index in [1.807, 2.05) is 48.5 Å². The Balaban J connectivity index is 6.85. The Morgan fingerprint density at radius 1 is 0.697 bits per heavy atom. The van der Waals surface area contributed by atoms with Crippen molar-refractivity contribution in [3.05, 3.63) is 0 Å². The summed E-state index contributed by atoms with van der Waals surface area (Å²) in [6.45, 7) is 22.9. The van der Waals surface area contributed by atoms with Crippen molar-refractivity contribution in [2.75, 3.05) is 41.0 Å². The third kappa shape index (κ3) is 17.8. The largest absolute Gasteiger partial charge is 0.480 e. The van der Waals surface area contributed by atoms with Gasteiger partial charge in [-0.05, 0) is 77.0 Å². The molecule has 0 radical (unpaired) electrons. The standard InChI is InChI=1S/C46H85N9O10S/c1-19-20-35(57)52(15)34(24-66-45(12,13)37(47)44(64)65)42(62)55(18)46(25-56,23-28(6)7)51-36(29(8)9)43(63)54(17)33(22-27(4)5)40(60)50-38(58)30(10)49-31(11)41(61)53(16)32(21-26(2)3)39(59)48-14/h25-34,36-37,49,51H,19-24,47H2,1-18H3,(H,48,59)(H,64,65)(H,50,58,60)/t30-,31+,32+,33+,34-,36-,37+,46+/m1/s1. The number of rotatable bonds is 29. The quantitative estimate of drug-likeness (QED) is 0.0464. The SMILES string of the molecule is CCCC(=O)N(C)[C@H](CSC(C)(C)[C@@H](N)C(=O)O)C(=O)N(C)[C@](C=O)(CC(C)C)N[C@@H](C(=O)N(C)[C@@H](CC(C)C)C(=O)NC(=O)[C@@H](C)N[C@@H](C)C(=O)N(C)[C@@H](CC(C)C)C(=O)NC)C(C)C. The summed E-state index contributed by atoms with van der Waals surface area (Å²) in [5.41, 5.74) is 4.18. The Hall–Kier alpha value is -4.14. The number of aliphatic carboxylic acids is 1. The summed E-state index contributed by atoms with van der Waals surface area (Å²) in [7, 11) is 7.33. The highest BCUT2D eigenvalue weighted by Crippen LogP contribution is 2.31. The van der Waals surface area contributed by atoms with Gasteiger partial charge in [0.2, 0.25) is 41.4 Å².